The Morgan fingerprint density at radius 1 is 1.29 bits per heavy atom. The van der Waals surface area contributed by atoms with Crippen LogP contribution in [-0.2, 0) is 17.6 Å². The van der Waals surface area contributed by atoms with Crippen LogP contribution in [0.15, 0.2) is 0 Å². The normalized spacial score (nSPS) is 12.0. The molecule has 1 rings (SSSR count). The van der Waals surface area contributed by atoms with E-state index in [0.717, 1.165) is 6.42 Å². The van der Waals surface area contributed by atoms with E-state index in [-0.39, 0.29) is 13.0 Å². The van der Waals surface area contributed by atoms with Crippen molar-refractivity contribution >= 4 is 0 Å². The van der Waals surface area contributed by atoms with Gasteiger partial charge in [0, 0.05) is 12.8 Å². The molecule has 0 spiro atoms. The quantitative estimate of drug-likeness (QED) is 0.704. The number of nitrogens with zero attached hydrogens (tertiary/aromatic N) is 2. The average Bonchev–Trinajstić information content (AvgIpc) is 2.68. The lowest BCUT2D eigenvalue weighted by molar-refractivity contribution is -0.173. The molecule has 0 aliphatic carbocycles. The molecule has 8 heteroatoms. The Hall–Kier alpha value is -1.15. The lowest BCUT2D eigenvalue weighted by atomic mass is 10.3. The van der Waals surface area contributed by atoms with E-state index in [1.165, 1.54) is 0 Å². The minimum absolute atomic E-state index is 0.0479. The molecule has 0 saturated heterocycles. The van der Waals surface area contributed by atoms with E-state index in [9.17, 15) is 13.2 Å². The van der Waals surface area contributed by atoms with E-state index in [4.69, 9.17) is 5.73 Å². The van der Waals surface area contributed by atoms with Gasteiger partial charge >= 0.3 is 6.18 Å². The Morgan fingerprint density at radius 2 is 2.06 bits per heavy atom. The van der Waals surface area contributed by atoms with Gasteiger partial charge in [-0.3, -0.25) is 5.10 Å². The summed E-state index contributed by atoms with van der Waals surface area (Å²) < 4.78 is 39.7. The number of hydrogen-bond acceptors (Lipinski definition) is 4. The number of nitrogens with two attached hydrogens (primary N) is 1. The van der Waals surface area contributed by atoms with Gasteiger partial charge in [-0.25, -0.2) is 4.98 Å². The van der Waals surface area contributed by atoms with Crippen LogP contribution in [0.4, 0.5) is 13.2 Å². The summed E-state index contributed by atoms with van der Waals surface area (Å²) in [7, 11) is 0. The van der Waals surface area contributed by atoms with Gasteiger partial charge in [-0.2, -0.15) is 18.3 Å². The number of halogens is 3. The maximum atomic E-state index is 11.8. The predicted molar refractivity (Wildman–Crippen MR) is 54.3 cm³/mol. The van der Waals surface area contributed by atoms with Crippen molar-refractivity contribution in [2.75, 3.05) is 19.8 Å². The number of ether oxygens (including phenoxy) is 1. The predicted octanol–water partition coefficient (Wildman–Crippen LogP) is 0.817. The number of hydrogen-bond donors (Lipinski definition) is 2. The Morgan fingerprint density at radius 3 is 2.71 bits per heavy atom. The molecule has 0 saturated carbocycles. The van der Waals surface area contributed by atoms with E-state index in [2.05, 4.69) is 19.9 Å². The zero-order chi connectivity index (χ0) is 12.7. The summed E-state index contributed by atoms with van der Waals surface area (Å²) in [4.78, 5) is 4.10. The highest BCUT2D eigenvalue weighted by molar-refractivity contribution is 4.90. The van der Waals surface area contributed by atoms with E-state index >= 15 is 0 Å². The highest BCUT2D eigenvalue weighted by atomic mass is 19.4. The van der Waals surface area contributed by atoms with Gasteiger partial charge in [-0.05, 0) is 13.0 Å². The second-order valence-electron chi connectivity index (χ2n) is 3.51. The van der Waals surface area contributed by atoms with Crippen molar-refractivity contribution in [2.24, 2.45) is 5.73 Å². The number of rotatable bonds is 7. The molecule has 0 aliphatic heterocycles. The number of aryl methyl sites for hydroxylation is 1. The second kappa shape index (κ2) is 6.55. The molecule has 0 bridgehead atoms. The summed E-state index contributed by atoms with van der Waals surface area (Å²) in [6.07, 6.45) is -2.55. The molecular formula is C9H15F3N4O. The van der Waals surface area contributed by atoms with Crippen molar-refractivity contribution < 1.29 is 17.9 Å². The third-order valence-corrected chi connectivity index (χ3v) is 1.93. The molecule has 17 heavy (non-hydrogen) atoms. The largest absolute Gasteiger partial charge is 0.411 e. The number of aromatic amines is 1. The molecule has 1 aromatic rings. The van der Waals surface area contributed by atoms with Crippen LogP contribution in [0.1, 0.15) is 18.1 Å². The van der Waals surface area contributed by atoms with Crippen LogP contribution in [-0.4, -0.2) is 41.1 Å². The summed E-state index contributed by atoms with van der Waals surface area (Å²) in [5.41, 5.74) is 5.33. The molecule has 98 valence electrons. The fraction of sp³-hybridized carbons (Fsp3) is 0.778. The third kappa shape index (κ3) is 6.22. The van der Waals surface area contributed by atoms with E-state index in [1.807, 2.05) is 0 Å². The first-order valence-electron chi connectivity index (χ1n) is 5.26. The topological polar surface area (TPSA) is 76.8 Å². The van der Waals surface area contributed by atoms with Crippen molar-refractivity contribution in [1.82, 2.24) is 15.2 Å². The maximum Gasteiger partial charge on any atom is 0.411 e. The van der Waals surface area contributed by atoms with Crippen LogP contribution in [0, 0.1) is 0 Å². The minimum atomic E-state index is -4.29. The summed E-state index contributed by atoms with van der Waals surface area (Å²) in [6, 6.07) is 0. The van der Waals surface area contributed by atoms with Crippen LogP contribution in [0.3, 0.4) is 0 Å². The van der Waals surface area contributed by atoms with Gasteiger partial charge in [0.1, 0.15) is 12.4 Å². The van der Waals surface area contributed by atoms with Crippen LogP contribution in [0.2, 0.25) is 0 Å². The van der Waals surface area contributed by atoms with Gasteiger partial charge in [-0.15, -0.1) is 0 Å². The van der Waals surface area contributed by atoms with Crippen molar-refractivity contribution in [2.45, 2.75) is 25.4 Å². The molecule has 3 N–H and O–H groups in total. The van der Waals surface area contributed by atoms with Crippen molar-refractivity contribution in [3.63, 3.8) is 0 Å². The summed E-state index contributed by atoms with van der Waals surface area (Å²) in [5.74, 6) is 1.15. The maximum absolute atomic E-state index is 11.8. The minimum Gasteiger partial charge on any atom is -0.372 e. The van der Waals surface area contributed by atoms with Crippen LogP contribution < -0.4 is 5.73 Å². The number of aromatic nitrogens is 3. The van der Waals surface area contributed by atoms with Gasteiger partial charge in [0.2, 0.25) is 0 Å². The lowest BCUT2D eigenvalue weighted by Gasteiger charge is -2.05. The first-order valence-corrected chi connectivity index (χ1v) is 5.26. The molecule has 0 amide bonds. The van der Waals surface area contributed by atoms with Gasteiger partial charge in [0.15, 0.2) is 5.82 Å². The standard InChI is InChI=1S/C9H15F3N4O/c10-9(11,12)6-17-5-3-8-14-7(15-16-8)2-1-4-13/h1-6,13H2,(H,14,15,16). The average molecular weight is 252 g/mol. The monoisotopic (exact) mass is 252 g/mol. The van der Waals surface area contributed by atoms with E-state index in [1.54, 1.807) is 0 Å². The third-order valence-electron chi connectivity index (χ3n) is 1.93. The zero-order valence-electron chi connectivity index (χ0n) is 9.26. The molecule has 1 heterocycles. The van der Waals surface area contributed by atoms with Gasteiger partial charge in [0.25, 0.3) is 0 Å². The number of alkyl halides is 3. The van der Waals surface area contributed by atoms with E-state index < -0.39 is 12.8 Å². The van der Waals surface area contributed by atoms with Gasteiger partial charge in [-0.1, -0.05) is 0 Å². The fourth-order valence-electron chi connectivity index (χ4n) is 1.18. The molecule has 0 aliphatic rings. The second-order valence-corrected chi connectivity index (χ2v) is 3.51. The SMILES string of the molecule is NCCCc1nc(CCOCC(F)(F)F)n[nH]1. The molecule has 5 nitrogen and oxygen atoms in total. The molecular weight excluding hydrogens is 237 g/mol. The van der Waals surface area contributed by atoms with Crippen LogP contribution in [0.25, 0.3) is 0 Å². The highest BCUT2D eigenvalue weighted by Crippen LogP contribution is 2.14. The summed E-state index contributed by atoms with van der Waals surface area (Å²) >= 11 is 0. The van der Waals surface area contributed by atoms with E-state index in [0.29, 0.717) is 24.6 Å². The Balaban J connectivity index is 2.21. The number of H-pyrrole nitrogens is 1. The van der Waals surface area contributed by atoms with Crippen molar-refractivity contribution in [1.29, 1.82) is 0 Å². The fourth-order valence-corrected chi connectivity index (χ4v) is 1.18. The summed E-state index contributed by atoms with van der Waals surface area (Å²) in [6.45, 7) is -0.726. The summed E-state index contributed by atoms with van der Waals surface area (Å²) in [5, 5.41) is 6.57. The molecule has 0 fully saturated rings. The lowest BCUT2D eigenvalue weighted by Crippen LogP contribution is -2.18. The zero-order valence-corrected chi connectivity index (χ0v) is 9.26. The Labute approximate surface area is 96.6 Å². The van der Waals surface area contributed by atoms with Crippen molar-refractivity contribution in [3.05, 3.63) is 11.6 Å². The van der Waals surface area contributed by atoms with Gasteiger partial charge < -0.3 is 10.5 Å². The smallest absolute Gasteiger partial charge is 0.372 e. The number of nitrogens with one attached hydrogen (secondary N) is 1. The van der Waals surface area contributed by atoms with Crippen molar-refractivity contribution in [3.8, 4) is 0 Å². The highest BCUT2D eigenvalue weighted by Gasteiger charge is 2.27. The van der Waals surface area contributed by atoms with Crippen LogP contribution in [0.5, 0.6) is 0 Å². The first-order chi connectivity index (χ1) is 8.01. The van der Waals surface area contributed by atoms with Crippen LogP contribution >= 0.6 is 0 Å². The molecule has 1 aromatic heterocycles. The molecule has 0 aromatic carbocycles. The molecule has 0 unspecified atom stereocenters. The molecule has 0 atom stereocenters. The first kappa shape index (κ1) is 13.9. The Kier molecular flexibility index (Phi) is 5.36. The van der Waals surface area contributed by atoms with Gasteiger partial charge in [0.05, 0.1) is 6.61 Å². The molecule has 0 radical (unpaired) electrons. The Bertz CT molecular complexity index is 326.